The molecule has 0 aliphatic heterocycles. The number of aromatic nitrogens is 5. The van der Waals surface area contributed by atoms with Crippen LogP contribution in [0.1, 0.15) is 28.3 Å². The molecule has 112 valence electrons. The molecule has 3 rings (SSSR count). The first-order valence-corrected chi connectivity index (χ1v) is 6.89. The number of nitrogens with two attached hydrogens (primary N) is 1. The molecule has 7 nitrogen and oxygen atoms in total. The van der Waals surface area contributed by atoms with E-state index in [9.17, 15) is 4.79 Å². The van der Waals surface area contributed by atoms with Crippen molar-refractivity contribution in [2.75, 3.05) is 5.73 Å². The Hall–Kier alpha value is -2.83. The van der Waals surface area contributed by atoms with Gasteiger partial charge in [-0.1, -0.05) is 0 Å². The minimum absolute atomic E-state index is 0.140. The molecule has 22 heavy (non-hydrogen) atoms. The summed E-state index contributed by atoms with van der Waals surface area (Å²) in [6, 6.07) is 1.81. The molecule has 3 heterocycles. The second kappa shape index (κ2) is 5.18. The van der Waals surface area contributed by atoms with Gasteiger partial charge in [-0.3, -0.25) is 4.79 Å². The van der Waals surface area contributed by atoms with E-state index < -0.39 is 0 Å². The Bertz CT molecular complexity index is 931. The molecule has 0 saturated carbocycles. The summed E-state index contributed by atoms with van der Waals surface area (Å²) in [6.07, 6.45) is 1.86. The molecule has 0 aliphatic carbocycles. The van der Waals surface area contributed by atoms with E-state index in [0.29, 0.717) is 29.3 Å². The number of pyridine rings is 1. The quantitative estimate of drug-likeness (QED) is 0.735. The zero-order valence-corrected chi connectivity index (χ0v) is 12.6. The highest BCUT2D eigenvalue weighted by atomic mass is 16.1. The molecule has 0 saturated heterocycles. The van der Waals surface area contributed by atoms with Gasteiger partial charge in [-0.25, -0.2) is 19.9 Å². The molecule has 0 amide bonds. The van der Waals surface area contributed by atoms with Gasteiger partial charge in [0.15, 0.2) is 0 Å². The van der Waals surface area contributed by atoms with Gasteiger partial charge in [0, 0.05) is 16.5 Å². The van der Waals surface area contributed by atoms with Crippen molar-refractivity contribution < 1.29 is 0 Å². The van der Waals surface area contributed by atoms with Crippen LogP contribution in [0.2, 0.25) is 0 Å². The number of nitrogen functional groups attached to an aromatic ring is 1. The normalized spacial score (nSPS) is 11.0. The van der Waals surface area contributed by atoms with E-state index >= 15 is 0 Å². The molecule has 0 fully saturated rings. The highest BCUT2D eigenvalue weighted by Crippen LogP contribution is 2.16. The lowest BCUT2D eigenvalue weighted by molar-refractivity contribution is 0.908. The highest BCUT2D eigenvalue weighted by molar-refractivity contribution is 5.77. The molecular formula is C15H16N6O. The smallest absolute Gasteiger partial charge is 0.252 e. The zero-order chi connectivity index (χ0) is 15.9. The molecule has 7 heteroatoms. The molecule has 0 unspecified atom stereocenters. The maximum Gasteiger partial charge on any atom is 0.252 e. The topological polar surface area (TPSA) is 110 Å². The van der Waals surface area contributed by atoms with Gasteiger partial charge in [-0.15, -0.1) is 0 Å². The van der Waals surface area contributed by atoms with Crippen LogP contribution in [0.15, 0.2) is 17.2 Å². The number of hydrogen-bond acceptors (Lipinski definition) is 6. The first kappa shape index (κ1) is 14.1. The number of anilines is 1. The van der Waals surface area contributed by atoms with Gasteiger partial charge in [0.1, 0.15) is 23.6 Å². The fraction of sp³-hybridized carbons (Fsp3) is 0.267. The first-order chi connectivity index (χ1) is 10.5. The Morgan fingerprint density at radius 3 is 2.73 bits per heavy atom. The molecule has 0 atom stereocenters. The summed E-state index contributed by atoms with van der Waals surface area (Å²) < 4.78 is 0. The van der Waals surface area contributed by atoms with Crippen molar-refractivity contribution >= 4 is 16.9 Å². The largest absolute Gasteiger partial charge is 0.383 e. The SMILES string of the molecule is Cc1c(N)ncnc1Cc1nc(C)c2cc(C)c(=O)[nH]c2n1. The number of nitrogens with zero attached hydrogens (tertiary/aromatic N) is 4. The van der Waals surface area contributed by atoms with E-state index in [1.165, 1.54) is 6.33 Å². The van der Waals surface area contributed by atoms with Crippen LogP contribution in [0.25, 0.3) is 11.0 Å². The van der Waals surface area contributed by atoms with E-state index in [2.05, 4.69) is 24.9 Å². The van der Waals surface area contributed by atoms with Crippen molar-refractivity contribution in [3.8, 4) is 0 Å². The van der Waals surface area contributed by atoms with Gasteiger partial charge in [-0.2, -0.15) is 0 Å². The van der Waals surface area contributed by atoms with Crippen LogP contribution in [0, 0.1) is 20.8 Å². The summed E-state index contributed by atoms with van der Waals surface area (Å²) >= 11 is 0. The van der Waals surface area contributed by atoms with Crippen molar-refractivity contribution in [2.24, 2.45) is 0 Å². The lowest BCUT2D eigenvalue weighted by Gasteiger charge is -2.08. The monoisotopic (exact) mass is 296 g/mol. The van der Waals surface area contributed by atoms with Gasteiger partial charge in [0.05, 0.1) is 17.8 Å². The van der Waals surface area contributed by atoms with E-state index in [4.69, 9.17) is 5.73 Å². The number of hydrogen-bond donors (Lipinski definition) is 2. The Balaban J connectivity index is 2.10. The van der Waals surface area contributed by atoms with Gasteiger partial charge in [0.2, 0.25) is 0 Å². The van der Waals surface area contributed by atoms with Crippen molar-refractivity contribution in [3.05, 3.63) is 51.1 Å². The second-order valence-electron chi connectivity index (χ2n) is 5.28. The van der Waals surface area contributed by atoms with Crippen molar-refractivity contribution in [1.82, 2.24) is 24.9 Å². The molecule has 3 aromatic heterocycles. The molecule has 3 N–H and O–H groups in total. The van der Waals surface area contributed by atoms with Crippen molar-refractivity contribution in [3.63, 3.8) is 0 Å². The molecule has 0 radical (unpaired) electrons. The predicted octanol–water partition coefficient (Wildman–Crippen LogP) is 1.21. The third-order valence-electron chi connectivity index (χ3n) is 3.69. The van der Waals surface area contributed by atoms with Crippen LogP contribution in [0.3, 0.4) is 0 Å². The molecule has 0 spiro atoms. The summed E-state index contributed by atoms with van der Waals surface area (Å²) in [4.78, 5) is 31.7. The summed E-state index contributed by atoms with van der Waals surface area (Å²) in [7, 11) is 0. The van der Waals surface area contributed by atoms with Gasteiger partial charge in [0.25, 0.3) is 5.56 Å². The van der Waals surface area contributed by atoms with E-state index in [0.717, 1.165) is 22.3 Å². The first-order valence-electron chi connectivity index (χ1n) is 6.89. The van der Waals surface area contributed by atoms with Crippen molar-refractivity contribution in [1.29, 1.82) is 0 Å². The third kappa shape index (κ3) is 2.41. The number of rotatable bonds is 2. The number of aromatic amines is 1. The average Bonchev–Trinajstić information content (AvgIpc) is 2.46. The molecule has 0 bridgehead atoms. The van der Waals surface area contributed by atoms with E-state index in [-0.39, 0.29) is 5.56 Å². The fourth-order valence-corrected chi connectivity index (χ4v) is 2.31. The maximum atomic E-state index is 11.8. The van der Waals surface area contributed by atoms with Gasteiger partial charge in [-0.05, 0) is 26.8 Å². The van der Waals surface area contributed by atoms with Crippen LogP contribution >= 0.6 is 0 Å². The second-order valence-corrected chi connectivity index (χ2v) is 5.28. The molecule has 0 aromatic carbocycles. The van der Waals surface area contributed by atoms with Gasteiger partial charge >= 0.3 is 0 Å². The van der Waals surface area contributed by atoms with Crippen LogP contribution in [-0.4, -0.2) is 24.9 Å². The minimum atomic E-state index is -0.140. The Morgan fingerprint density at radius 1 is 1.18 bits per heavy atom. The predicted molar refractivity (Wildman–Crippen MR) is 83.6 cm³/mol. The highest BCUT2D eigenvalue weighted by Gasteiger charge is 2.11. The summed E-state index contributed by atoms with van der Waals surface area (Å²) in [5, 5.41) is 0.847. The lowest BCUT2D eigenvalue weighted by atomic mass is 10.1. The number of nitrogens with one attached hydrogen (secondary N) is 1. The average molecular weight is 296 g/mol. The van der Waals surface area contributed by atoms with Gasteiger partial charge < -0.3 is 10.7 Å². The summed E-state index contributed by atoms with van der Waals surface area (Å²) in [6.45, 7) is 5.52. The molecular weight excluding hydrogens is 280 g/mol. The number of fused-ring (bicyclic) bond motifs is 1. The van der Waals surface area contributed by atoms with Crippen LogP contribution in [-0.2, 0) is 6.42 Å². The fourth-order valence-electron chi connectivity index (χ4n) is 2.31. The van der Waals surface area contributed by atoms with Crippen LogP contribution < -0.4 is 11.3 Å². The Morgan fingerprint density at radius 2 is 1.95 bits per heavy atom. The standard InChI is InChI=1S/C15H16N6O/c1-7-4-10-9(3)19-12(20-14(10)21-15(7)22)5-11-8(2)13(16)18-6-17-11/h4,6H,5H2,1-3H3,(H2,16,17,18)(H,19,20,21,22). The Kier molecular flexibility index (Phi) is 3.32. The van der Waals surface area contributed by atoms with Crippen LogP contribution in [0.4, 0.5) is 5.82 Å². The molecule has 3 aromatic rings. The van der Waals surface area contributed by atoms with E-state index in [1.807, 2.05) is 13.8 Å². The van der Waals surface area contributed by atoms with Crippen LogP contribution in [0.5, 0.6) is 0 Å². The maximum absolute atomic E-state index is 11.8. The lowest BCUT2D eigenvalue weighted by Crippen LogP contribution is -2.12. The number of aryl methyl sites for hydroxylation is 2. The zero-order valence-electron chi connectivity index (χ0n) is 12.6. The van der Waals surface area contributed by atoms with Crippen molar-refractivity contribution in [2.45, 2.75) is 27.2 Å². The summed E-state index contributed by atoms with van der Waals surface area (Å²) in [5.74, 6) is 1.04. The Labute approximate surface area is 126 Å². The number of H-pyrrole nitrogens is 1. The third-order valence-corrected chi connectivity index (χ3v) is 3.69. The minimum Gasteiger partial charge on any atom is -0.383 e. The molecule has 0 aliphatic rings. The van der Waals surface area contributed by atoms with E-state index in [1.54, 1.807) is 13.0 Å². The summed E-state index contributed by atoms with van der Waals surface area (Å²) in [5.41, 5.74) is 9.25.